The van der Waals surface area contributed by atoms with Crippen molar-refractivity contribution < 1.29 is 4.42 Å². The van der Waals surface area contributed by atoms with Crippen LogP contribution in [-0.4, -0.2) is 28.0 Å². The Morgan fingerprint density at radius 3 is 2.81 bits per heavy atom. The molecule has 0 unspecified atom stereocenters. The number of aryl methyl sites for hydroxylation is 1. The minimum absolute atomic E-state index is 0.462. The Morgan fingerprint density at radius 1 is 1.04 bits per heavy atom. The maximum absolute atomic E-state index is 5.95. The van der Waals surface area contributed by atoms with Crippen LogP contribution in [0.15, 0.2) is 53.1 Å². The van der Waals surface area contributed by atoms with Gasteiger partial charge >= 0.3 is 0 Å². The number of rotatable bonds is 2. The van der Waals surface area contributed by atoms with Crippen molar-refractivity contribution in [3.05, 3.63) is 59.9 Å². The number of anilines is 1. The summed E-state index contributed by atoms with van der Waals surface area (Å²) in [6, 6.07) is 15.1. The predicted octanol–water partition coefficient (Wildman–Crippen LogP) is 4.46. The van der Waals surface area contributed by atoms with E-state index < -0.39 is 0 Å². The van der Waals surface area contributed by atoms with E-state index in [1.54, 1.807) is 6.20 Å². The predicted molar refractivity (Wildman–Crippen MR) is 102 cm³/mol. The molecule has 0 saturated carbocycles. The molecule has 0 amide bonds. The fourth-order valence-corrected chi connectivity index (χ4v) is 3.72. The van der Waals surface area contributed by atoms with Gasteiger partial charge < -0.3 is 9.32 Å². The quantitative estimate of drug-likeness (QED) is 0.537. The van der Waals surface area contributed by atoms with Crippen LogP contribution in [-0.2, 0) is 0 Å². The molecule has 4 heterocycles. The summed E-state index contributed by atoms with van der Waals surface area (Å²) in [6.45, 7) is 3.93. The first kappa shape index (κ1) is 15.3. The van der Waals surface area contributed by atoms with Crippen LogP contribution < -0.4 is 4.90 Å². The maximum Gasteiger partial charge on any atom is 0.298 e. The van der Waals surface area contributed by atoms with Crippen LogP contribution in [0.1, 0.15) is 30.0 Å². The molecule has 0 radical (unpaired) electrons. The minimum Gasteiger partial charge on any atom is -0.423 e. The second kappa shape index (κ2) is 6.09. The average Bonchev–Trinajstić information content (AvgIpc) is 3.11. The zero-order valence-electron chi connectivity index (χ0n) is 14.7. The van der Waals surface area contributed by atoms with E-state index in [0.717, 1.165) is 59.8 Å². The van der Waals surface area contributed by atoms with Crippen molar-refractivity contribution in [3.63, 3.8) is 0 Å². The van der Waals surface area contributed by atoms with Gasteiger partial charge in [-0.25, -0.2) is 9.97 Å². The van der Waals surface area contributed by atoms with E-state index in [-0.39, 0.29) is 0 Å². The standard InChI is InChI=1S/C21H20N4O/c1-14-4-7-19-18(13-14)24-21(26-19)25-11-8-15(9-12-25)17-6-5-16-3-2-10-22-20(16)23-17/h2-7,10,13,15H,8-9,11-12H2,1H3. The van der Waals surface area contributed by atoms with Gasteiger partial charge in [0.1, 0.15) is 5.52 Å². The van der Waals surface area contributed by atoms with Gasteiger partial charge in [-0.05, 0) is 61.7 Å². The summed E-state index contributed by atoms with van der Waals surface area (Å²) >= 11 is 0. The molecule has 0 bridgehead atoms. The smallest absolute Gasteiger partial charge is 0.298 e. The van der Waals surface area contributed by atoms with Gasteiger partial charge in [0.05, 0.1) is 0 Å². The molecule has 1 aromatic carbocycles. The largest absolute Gasteiger partial charge is 0.423 e. The van der Waals surface area contributed by atoms with Crippen molar-refractivity contribution in [1.82, 2.24) is 15.0 Å². The van der Waals surface area contributed by atoms with Gasteiger partial charge in [0.2, 0.25) is 0 Å². The Morgan fingerprint density at radius 2 is 1.92 bits per heavy atom. The minimum atomic E-state index is 0.462. The molecule has 1 aliphatic heterocycles. The first-order valence-electron chi connectivity index (χ1n) is 9.10. The molecule has 5 rings (SSSR count). The Balaban J connectivity index is 1.34. The third-order valence-electron chi connectivity index (χ3n) is 5.20. The second-order valence-electron chi connectivity index (χ2n) is 7.02. The lowest BCUT2D eigenvalue weighted by Gasteiger charge is -2.30. The topological polar surface area (TPSA) is 55.1 Å². The number of nitrogens with zero attached hydrogens (tertiary/aromatic N) is 4. The Kier molecular flexibility index (Phi) is 3.59. The van der Waals surface area contributed by atoms with Crippen LogP contribution in [0.4, 0.5) is 6.01 Å². The highest BCUT2D eigenvalue weighted by Crippen LogP contribution is 2.31. The third kappa shape index (κ3) is 2.69. The highest BCUT2D eigenvalue weighted by Gasteiger charge is 2.24. The van der Waals surface area contributed by atoms with E-state index in [2.05, 4.69) is 52.1 Å². The number of benzene rings is 1. The first-order chi connectivity index (χ1) is 12.8. The molecule has 3 aromatic heterocycles. The molecule has 4 aromatic rings. The van der Waals surface area contributed by atoms with Crippen LogP contribution >= 0.6 is 0 Å². The monoisotopic (exact) mass is 344 g/mol. The van der Waals surface area contributed by atoms with Crippen LogP contribution in [0, 0.1) is 6.92 Å². The fourth-order valence-electron chi connectivity index (χ4n) is 3.72. The van der Waals surface area contributed by atoms with Crippen LogP contribution in [0.25, 0.3) is 22.1 Å². The lowest BCUT2D eigenvalue weighted by atomic mass is 9.93. The number of hydrogen-bond donors (Lipinski definition) is 0. The molecule has 0 aliphatic carbocycles. The fraction of sp³-hybridized carbons (Fsp3) is 0.286. The molecule has 1 aliphatic rings. The van der Waals surface area contributed by atoms with Gasteiger partial charge in [-0.1, -0.05) is 6.07 Å². The summed E-state index contributed by atoms with van der Waals surface area (Å²) in [5, 5.41) is 1.09. The molecular formula is C21H20N4O. The molecule has 0 spiro atoms. The Labute approximate surface area is 151 Å². The SMILES string of the molecule is Cc1ccc2oc(N3CCC(c4ccc5cccnc5n4)CC3)nc2c1. The van der Waals surface area contributed by atoms with Crippen LogP contribution in [0.2, 0.25) is 0 Å². The number of aromatic nitrogens is 3. The number of pyridine rings is 2. The van der Waals surface area contributed by atoms with E-state index in [1.165, 1.54) is 5.56 Å². The van der Waals surface area contributed by atoms with Crippen molar-refractivity contribution in [2.24, 2.45) is 0 Å². The van der Waals surface area contributed by atoms with E-state index >= 15 is 0 Å². The number of oxazole rings is 1. The highest BCUT2D eigenvalue weighted by molar-refractivity contribution is 5.75. The molecule has 1 saturated heterocycles. The summed E-state index contributed by atoms with van der Waals surface area (Å²) in [6.07, 6.45) is 3.89. The third-order valence-corrected chi connectivity index (χ3v) is 5.20. The molecule has 5 heteroatoms. The van der Waals surface area contributed by atoms with Gasteiger partial charge in [-0.15, -0.1) is 0 Å². The zero-order valence-corrected chi connectivity index (χ0v) is 14.7. The van der Waals surface area contributed by atoms with Gasteiger partial charge in [0.25, 0.3) is 6.01 Å². The molecule has 0 atom stereocenters. The Bertz CT molecular complexity index is 1080. The Hall–Kier alpha value is -2.95. The summed E-state index contributed by atoms with van der Waals surface area (Å²) in [7, 11) is 0. The van der Waals surface area contributed by atoms with Gasteiger partial charge in [0, 0.05) is 36.3 Å². The number of hydrogen-bond acceptors (Lipinski definition) is 5. The molecule has 5 nitrogen and oxygen atoms in total. The van der Waals surface area contributed by atoms with Crippen molar-refractivity contribution in [3.8, 4) is 0 Å². The molecule has 1 fully saturated rings. The van der Waals surface area contributed by atoms with E-state index in [9.17, 15) is 0 Å². The van der Waals surface area contributed by atoms with Gasteiger partial charge in [0.15, 0.2) is 11.2 Å². The summed E-state index contributed by atoms with van der Waals surface area (Å²) < 4.78 is 5.95. The summed E-state index contributed by atoms with van der Waals surface area (Å²) in [5.74, 6) is 0.462. The average molecular weight is 344 g/mol. The van der Waals surface area contributed by atoms with Crippen molar-refractivity contribution >= 4 is 28.1 Å². The lowest BCUT2D eigenvalue weighted by Crippen LogP contribution is -2.33. The molecule has 130 valence electrons. The van der Waals surface area contributed by atoms with E-state index in [1.807, 2.05) is 12.1 Å². The molecular weight excluding hydrogens is 324 g/mol. The lowest BCUT2D eigenvalue weighted by molar-refractivity contribution is 0.462. The molecule has 26 heavy (non-hydrogen) atoms. The normalized spacial score (nSPS) is 15.8. The zero-order chi connectivity index (χ0) is 17.5. The highest BCUT2D eigenvalue weighted by atomic mass is 16.4. The van der Waals surface area contributed by atoms with E-state index in [0.29, 0.717) is 5.92 Å². The van der Waals surface area contributed by atoms with Gasteiger partial charge in [-0.2, -0.15) is 4.98 Å². The van der Waals surface area contributed by atoms with Crippen molar-refractivity contribution in [2.45, 2.75) is 25.7 Å². The van der Waals surface area contributed by atoms with Crippen LogP contribution in [0.5, 0.6) is 0 Å². The summed E-state index contributed by atoms with van der Waals surface area (Å²) in [5.41, 5.74) is 4.97. The second-order valence-corrected chi connectivity index (χ2v) is 7.02. The maximum atomic E-state index is 5.95. The van der Waals surface area contributed by atoms with Crippen LogP contribution in [0.3, 0.4) is 0 Å². The van der Waals surface area contributed by atoms with Crippen molar-refractivity contribution in [2.75, 3.05) is 18.0 Å². The van der Waals surface area contributed by atoms with Crippen molar-refractivity contribution in [1.29, 1.82) is 0 Å². The number of fused-ring (bicyclic) bond motifs is 2. The van der Waals surface area contributed by atoms with Gasteiger partial charge in [-0.3, -0.25) is 0 Å². The van der Waals surface area contributed by atoms with E-state index in [4.69, 9.17) is 9.40 Å². The first-order valence-corrected chi connectivity index (χ1v) is 9.10. The number of piperidine rings is 1. The molecule has 0 N–H and O–H groups in total. The summed E-state index contributed by atoms with van der Waals surface area (Å²) in [4.78, 5) is 16.1.